The van der Waals surface area contributed by atoms with E-state index in [1.165, 1.54) is 23.1 Å². The number of aromatic nitrogens is 3. The molecule has 2 saturated heterocycles. The predicted molar refractivity (Wildman–Crippen MR) is 180 cm³/mol. The van der Waals surface area contributed by atoms with E-state index in [1.54, 1.807) is 25.7 Å². The normalized spacial score (nSPS) is 23.9. The first-order chi connectivity index (χ1) is 24.6. The fourth-order valence-electron chi connectivity index (χ4n) is 6.46. The van der Waals surface area contributed by atoms with Crippen LogP contribution in [0.2, 0.25) is 0 Å². The number of aromatic hydroxyl groups is 1. The maximum absolute atomic E-state index is 17.2. The zero-order chi connectivity index (χ0) is 37.6. The average Bonchev–Trinajstić information content (AvgIpc) is 3.27. The van der Waals surface area contributed by atoms with Crippen molar-refractivity contribution in [2.75, 3.05) is 64.5 Å². The summed E-state index contributed by atoms with van der Waals surface area (Å²) in [6.45, 7) is 2.75. The largest absolute Gasteiger partial charge is 0.508 e. The molecule has 4 aromatic rings. The molecule has 2 aliphatic heterocycles. The van der Waals surface area contributed by atoms with Gasteiger partial charge >= 0.3 is 6.01 Å². The van der Waals surface area contributed by atoms with Gasteiger partial charge in [-0.15, -0.1) is 6.42 Å². The minimum atomic E-state index is -2.43. The van der Waals surface area contributed by atoms with Crippen LogP contribution >= 0.6 is 0 Å². The number of pyridine rings is 1. The maximum Gasteiger partial charge on any atom is 0.319 e. The van der Waals surface area contributed by atoms with Gasteiger partial charge in [0.25, 0.3) is 0 Å². The Kier molecular flexibility index (Phi) is 8.28. The average molecular weight is 681 g/mol. The van der Waals surface area contributed by atoms with Crippen LogP contribution in [0.1, 0.15) is 36.9 Å². The molecule has 0 bridgehead atoms. The summed E-state index contributed by atoms with van der Waals surface area (Å²) in [5.41, 5.74) is -3.04. The second kappa shape index (κ2) is 13.3. The lowest BCUT2D eigenvalue weighted by atomic mass is 9.78. The number of ether oxygens (including phenoxy) is 3. The molecule has 2 aliphatic rings. The number of terminal acetylenes is 1. The second-order valence-electron chi connectivity index (χ2n) is 12.9. The lowest BCUT2D eigenvalue weighted by Crippen LogP contribution is -2.44. The van der Waals surface area contributed by atoms with Crippen LogP contribution in [0.4, 0.5) is 19.0 Å². The summed E-state index contributed by atoms with van der Waals surface area (Å²) >= 11 is 0. The van der Waals surface area contributed by atoms with Gasteiger partial charge in [0.15, 0.2) is 5.82 Å². The van der Waals surface area contributed by atoms with Gasteiger partial charge in [0.2, 0.25) is 5.88 Å². The number of nitrogens with zero attached hydrogens (tertiary/aromatic N) is 5. The number of hydrogen-bond acceptors (Lipinski definition) is 10. The van der Waals surface area contributed by atoms with Gasteiger partial charge < -0.3 is 34.2 Å². The number of fused-ring (bicyclic) bond motifs is 2. The van der Waals surface area contributed by atoms with Gasteiger partial charge in [0.1, 0.15) is 46.2 Å². The highest BCUT2D eigenvalue weighted by atomic mass is 19.1. The third-order valence-electron chi connectivity index (χ3n) is 8.81. The first-order valence-electron chi connectivity index (χ1n) is 17.3. The first kappa shape index (κ1) is 30.4. The second-order valence-corrected chi connectivity index (χ2v) is 12.9. The van der Waals surface area contributed by atoms with Gasteiger partial charge in [0.05, 0.1) is 38.3 Å². The molecule has 0 aliphatic carbocycles. The van der Waals surface area contributed by atoms with Crippen molar-refractivity contribution in [1.82, 2.24) is 19.9 Å². The summed E-state index contributed by atoms with van der Waals surface area (Å²) in [6, 6.07) is 4.78. The first-order valence-corrected chi connectivity index (χ1v) is 15.8. The van der Waals surface area contributed by atoms with Crippen LogP contribution in [-0.4, -0.2) is 95.2 Å². The fraction of sp³-hybridized carbons (Fsp3) is 0.417. The summed E-state index contributed by atoms with van der Waals surface area (Å²) in [5, 5.41) is 22.2. The lowest BCUT2D eigenvalue weighted by Gasteiger charge is -2.40. The number of halogens is 3. The molecule has 2 aromatic heterocycles. The zero-order valence-corrected chi connectivity index (χ0v) is 27.3. The van der Waals surface area contributed by atoms with E-state index in [0.29, 0.717) is 17.3 Å². The van der Waals surface area contributed by atoms with E-state index < -0.39 is 29.6 Å². The molecule has 258 valence electrons. The van der Waals surface area contributed by atoms with Crippen molar-refractivity contribution >= 4 is 27.5 Å². The van der Waals surface area contributed by atoms with Gasteiger partial charge in [-0.25, -0.2) is 18.2 Å². The SMILES string of the molecule is [2H]C([2H])([2H])N1CC/C(=C\F)[C@](C)(COc2nc(N3CCOC[C@@](C)(O)C3)c3c(OCC)nc(-c4cc(O)cc5ccc(F)c(C#C)c45)c(F)c3n2)C1. The Bertz CT molecular complexity index is 2110. The summed E-state index contributed by atoms with van der Waals surface area (Å²) in [7, 11) is 0. The molecule has 13 heteroatoms. The molecule has 2 N–H and O–H groups in total. The number of likely N-dealkylation sites (tertiary alicyclic amines) is 1. The third-order valence-corrected chi connectivity index (χ3v) is 8.81. The zero-order valence-electron chi connectivity index (χ0n) is 30.3. The molecule has 2 atom stereocenters. The number of rotatable bonds is 7. The monoisotopic (exact) mass is 680 g/mol. The highest BCUT2D eigenvalue weighted by Crippen LogP contribution is 2.43. The molecule has 49 heavy (non-hydrogen) atoms. The molecule has 0 amide bonds. The molecule has 2 fully saturated rings. The predicted octanol–water partition coefficient (Wildman–Crippen LogP) is 5.37. The topological polar surface area (TPSA) is 113 Å². The summed E-state index contributed by atoms with van der Waals surface area (Å²) < 4.78 is 87.8. The molecule has 0 saturated carbocycles. The number of aliphatic hydroxyl groups is 1. The van der Waals surface area contributed by atoms with Crippen LogP contribution in [0.15, 0.2) is 36.2 Å². The van der Waals surface area contributed by atoms with Crippen LogP contribution < -0.4 is 14.4 Å². The van der Waals surface area contributed by atoms with E-state index in [0.717, 1.165) is 6.07 Å². The molecular formula is C36H38F3N5O5. The number of piperidine rings is 1. The van der Waals surface area contributed by atoms with Gasteiger partial charge in [-0.05, 0) is 56.4 Å². The molecule has 6 rings (SSSR count). The van der Waals surface area contributed by atoms with Crippen molar-refractivity contribution in [3.05, 3.63) is 53.4 Å². The lowest BCUT2D eigenvalue weighted by molar-refractivity contribution is -0.0123. The molecule has 0 spiro atoms. The number of phenolic OH excluding ortho intramolecular Hbond substituents is 1. The number of β-amino-alcohol motifs (C(OH)–C–C–N with tert-alkyl or cyclic N) is 1. The number of anilines is 1. The van der Waals surface area contributed by atoms with E-state index in [-0.39, 0.29) is 116 Å². The van der Waals surface area contributed by atoms with Crippen molar-refractivity contribution in [2.45, 2.75) is 32.8 Å². The molecule has 0 radical (unpaired) electrons. The van der Waals surface area contributed by atoms with E-state index in [1.807, 2.05) is 0 Å². The minimum absolute atomic E-state index is 0.00448. The Morgan fingerprint density at radius 3 is 2.69 bits per heavy atom. The Balaban J connectivity index is 1.58. The standard InChI is InChI=1S/C36H38F3N5O5/c1-6-24-26(38)9-8-21-14-23(45)15-25(27(21)24)30-29(39)31-28(33(40-30)48-7-2)32(44-12-13-47-20-36(4,46)18-44)42-34(41-31)49-19-35(3)17-43(5)11-10-22(35)16-37/h1,8-9,14-16,45-46H,7,10-13,17-20H2,2-5H3/b22-16+/t35-,36-/m0/s1/i5D3. The van der Waals surface area contributed by atoms with Crippen molar-refractivity contribution in [2.24, 2.45) is 5.41 Å². The van der Waals surface area contributed by atoms with Crippen LogP contribution in [0.3, 0.4) is 0 Å². The molecule has 10 nitrogen and oxygen atoms in total. The Morgan fingerprint density at radius 1 is 1.14 bits per heavy atom. The van der Waals surface area contributed by atoms with E-state index in [9.17, 15) is 14.6 Å². The van der Waals surface area contributed by atoms with Gasteiger partial charge in [-0.1, -0.05) is 18.9 Å². The van der Waals surface area contributed by atoms with Crippen LogP contribution in [-0.2, 0) is 4.74 Å². The molecule has 2 aromatic carbocycles. The molecule has 4 heterocycles. The van der Waals surface area contributed by atoms with Crippen molar-refractivity contribution in [3.63, 3.8) is 0 Å². The Morgan fingerprint density at radius 2 is 1.96 bits per heavy atom. The summed E-state index contributed by atoms with van der Waals surface area (Å²) in [5.74, 6) is 0.285. The highest BCUT2D eigenvalue weighted by molar-refractivity contribution is 6.04. The van der Waals surface area contributed by atoms with E-state index in [2.05, 4.69) is 20.9 Å². The van der Waals surface area contributed by atoms with Crippen molar-refractivity contribution in [1.29, 1.82) is 0 Å². The minimum Gasteiger partial charge on any atom is -0.508 e. The van der Waals surface area contributed by atoms with Crippen molar-refractivity contribution < 1.29 is 41.7 Å². The van der Waals surface area contributed by atoms with Gasteiger partial charge in [-0.3, -0.25) is 0 Å². The molecular weight excluding hydrogens is 639 g/mol. The van der Waals surface area contributed by atoms with Crippen LogP contribution in [0.25, 0.3) is 32.9 Å². The maximum atomic E-state index is 17.2. The number of hydrogen-bond donors (Lipinski definition) is 2. The number of phenols is 1. The van der Waals surface area contributed by atoms with E-state index in [4.69, 9.17) is 24.7 Å². The third kappa shape index (κ3) is 6.56. The van der Waals surface area contributed by atoms with Gasteiger partial charge in [0, 0.05) is 40.1 Å². The number of benzene rings is 2. The Hall–Kier alpha value is -4.64. The smallest absolute Gasteiger partial charge is 0.319 e. The van der Waals surface area contributed by atoms with Crippen molar-refractivity contribution in [3.8, 4) is 41.2 Å². The fourth-order valence-corrected chi connectivity index (χ4v) is 6.46. The Labute approximate surface area is 286 Å². The van der Waals surface area contributed by atoms with Gasteiger partial charge in [-0.2, -0.15) is 9.97 Å². The molecule has 0 unspecified atom stereocenters. The van der Waals surface area contributed by atoms with Crippen LogP contribution in [0.5, 0.6) is 17.6 Å². The highest BCUT2D eigenvalue weighted by Gasteiger charge is 2.37. The quantitative estimate of drug-likeness (QED) is 0.247. The van der Waals surface area contributed by atoms with E-state index >= 15 is 8.78 Å². The van der Waals surface area contributed by atoms with Crippen LogP contribution in [0, 0.1) is 29.4 Å². The summed E-state index contributed by atoms with van der Waals surface area (Å²) in [4.78, 5) is 16.5. The summed E-state index contributed by atoms with van der Waals surface area (Å²) in [6.07, 6.45) is 6.29.